The van der Waals surface area contributed by atoms with E-state index in [1.165, 1.54) is 12.8 Å². The van der Waals surface area contributed by atoms with Gasteiger partial charge in [0.2, 0.25) is 0 Å². The third-order valence-electron chi connectivity index (χ3n) is 3.50. The molecule has 0 aromatic rings. The molecule has 2 fully saturated rings. The number of nitrogens with zero attached hydrogens (tertiary/aromatic N) is 1. The van der Waals surface area contributed by atoms with Gasteiger partial charge in [0.15, 0.2) is 0 Å². The number of hydrogen-bond donors (Lipinski definition) is 0. The lowest BCUT2D eigenvalue weighted by molar-refractivity contribution is -0.0254. The van der Waals surface area contributed by atoms with E-state index in [0.29, 0.717) is 18.2 Å². The summed E-state index contributed by atoms with van der Waals surface area (Å²) in [6.45, 7) is 6.45. The van der Waals surface area contributed by atoms with Gasteiger partial charge in [-0.1, -0.05) is 0 Å². The predicted octanol–water partition coefficient (Wildman–Crippen LogP) is 1.89. The van der Waals surface area contributed by atoms with Crippen LogP contribution in [0.3, 0.4) is 0 Å². The lowest BCUT2D eigenvalue weighted by Crippen LogP contribution is -2.39. The molecular formula is C11H21NO. The molecule has 0 spiro atoms. The molecule has 1 saturated heterocycles. The van der Waals surface area contributed by atoms with Gasteiger partial charge in [-0.25, -0.2) is 0 Å². The van der Waals surface area contributed by atoms with E-state index in [1.54, 1.807) is 0 Å². The Morgan fingerprint density at radius 1 is 1.23 bits per heavy atom. The first-order valence-corrected chi connectivity index (χ1v) is 5.47. The Hall–Kier alpha value is -0.0800. The third kappa shape index (κ3) is 1.75. The first kappa shape index (κ1) is 9.47. The molecule has 4 atom stereocenters. The minimum atomic E-state index is 0.361. The van der Waals surface area contributed by atoms with Crippen molar-refractivity contribution in [3.8, 4) is 0 Å². The fourth-order valence-corrected chi connectivity index (χ4v) is 2.75. The Labute approximate surface area is 81.3 Å². The van der Waals surface area contributed by atoms with Gasteiger partial charge >= 0.3 is 0 Å². The average Bonchev–Trinajstić information content (AvgIpc) is 2.70. The molecule has 2 aliphatic rings. The molecular weight excluding hydrogens is 162 g/mol. The van der Waals surface area contributed by atoms with Gasteiger partial charge in [0.05, 0.1) is 12.2 Å². The molecule has 0 N–H and O–H groups in total. The topological polar surface area (TPSA) is 12.5 Å². The van der Waals surface area contributed by atoms with E-state index in [9.17, 15) is 0 Å². The van der Waals surface area contributed by atoms with Gasteiger partial charge in [0.25, 0.3) is 0 Å². The molecule has 0 aromatic heterocycles. The largest absolute Gasteiger partial charge is 0.374 e. The van der Waals surface area contributed by atoms with Crippen LogP contribution in [-0.4, -0.2) is 36.2 Å². The van der Waals surface area contributed by atoms with Crippen LogP contribution in [0.5, 0.6) is 0 Å². The number of piperidine rings is 1. The molecule has 1 unspecified atom stereocenters. The maximum atomic E-state index is 5.83. The molecule has 2 nitrogen and oxygen atoms in total. The minimum absolute atomic E-state index is 0.361. The summed E-state index contributed by atoms with van der Waals surface area (Å²) in [4.78, 5) is 2.53. The number of fused-ring (bicyclic) bond motifs is 1. The predicted molar refractivity (Wildman–Crippen MR) is 53.7 cm³/mol. The highest BCUT2D eigenvalue weighted by atomic mass is 16.5. The van der Waals surface area contributed by atoms with Gasteiger partial charge in [0, 0.05) is 12.1 Å². The second-order valence-electron chi connectivity index (χ2n) is 4.92. The number of likely N-dealkylation sites (N-methyl/N-ethyl adjacent to an activating group) is 1. The van der Waals surface area contributed by atoms with Crippen molar-refractivity contribution < 1.29 is 4.74 Å². The monoisotopic (exact) mass is 183 g/mol. The van der Waals surface area contributed by atoms with Crippen molar-refractivity contribution in [2.24, 2.45) is 5.92 Å². The zero-order valence-electron chi connectivity index (χ0n) is 9.16. The minimum Gasteiger partial charge on any atom is -0.374 e. The second-order valence-corrected chi connectivity index (χ2v) is 4.92. The van der Waals surface area contributed by atoms with Crippen LogP contribution in [0.15, 0.2) is 0 Å². The lowest BCUT2D eigenvalue weighted by Gasteiger charge is -2.29. The fourth-order valence-electron chi connectivity index (χ4n) is 2.75. The Bertz CT molecular complexity index is 193. The molecule has 1 saturated carbocycles. The molecule has 0 aromatic carbocycles. The van der Waals surface area contributed by atoms with Crippen LogP contribution in [0, 0.1) is 5.92 Å². The van der Waals surface area contributed by atoms with Gasteiger partial charge in [0.1, 0.15) is 0 Å². The first-order valence-electron chi connectivity index (χ1n) is 5.47. The van der Waals surface area contributed by atoms with Crippen molar-refractivity contribution in [3.05, 3.63) is 0 Å². The lowest BCUT2D eigenvalue weighted by atomic mass is 10.1. The Balaban J connectivity index is 1.87. The van der Waals surface area contributed by atoms with Gasteiger partial charge in [-0.2, -0.15) is 0 Å². The van der Waals surface area contributed by atoms with Crippen LogP contribution in [0.1, 0.15) is 33.6 Å². The number of ether oxygens (including phenoxy) is 1. The van der Waals surface area contributed by atoms with E-state index in [2.05, 4.69) is 32.7 Å². The highest BCUT2D eigenvalue weighted by Crippen LogP contribution is 2.47. The summed E-state index contributed by atoms with van der Waals surface area (Å²) in [5, 5.41) is 0. The first-order chi connectivity index (χ1) is 6.09. The third-order valence-corrected chi connectivity index (χ3v) is 3.50. The van der Waals surface area contributed by atoms with E-state index in [-0.39, 0.29) is 0 Å². The number of likely N-dealkylation sites (tertiary alicyclic amines) is 1. The highest BCUT2D eigenvalue weighted by molar-refractivity contribution is 5.05. The van der Waals surface area contributed by atoms with Gasteiger partial charge in [-0.15, -0.1) is 0 Å². The van der Waals surface area contributed by atoms with Crippen LogP contribution in [0.4, 0.5) is 0 Å². The summed E-state index contributed by atoms with van der Waals surface area (Å²) in [5.74, 6) is 0.994. The quantitative estimate of drug-likeness (QED) is 0.662. The van der Waals surface area contributed by atoms with E-state index in [0.717, 1.165) is 12.0 Å². The van der Waals surface area contributed by atoms with Crippen LogP contribution in [0.25, 0.3) is 0 Å². The molecule has 1 aliphatic carbocycles. The molecule has 0 amide bonds. The van der Waals surface area contributed by atoms with E-state index in [4.69, 9.17) is 4.74 Å². The van der Waals surface area contributed by atoms with Crippen molar-refractivity contribution in [3.63, 3.8) is 0 Å². The van der Waals surface area contributed by atoms with E-state index in [1.807, 2.05) is 0 Å². The van der Waals surface area contributed by atoms with Crippen molar-refractivity contribution in [2.45, 2.75) is 57.9 Å². The summed E-state index contributed by atoms with van der Waals surface area (Å²) in [6.07, 6.45) is 3.55. The van der Waals surface area contributed by atoms with Crippen molar-refractivity contribution in [2.75, 3.05) is 7.05 Å². The second kappa shape index (κ2) is 3.25. The fraction of sp³-hybridized carbons (Fsp3) is 1.00. The number of hydrogen-bond acceptors (Lipinski definition) is 2. The Morgan fingerprint density at radius 3 is 2.38 bits per heavy atom. The summed E-state index contributed by atoms with van der Waals surface area (Å²) < 4.78 is 5.83. The van der Waals surface area contributed by atoms with Crippen molar-refractivity contribution in [1.29, 1.82) is 0 Å². The normalized spacial score (nSPS) is 40.8. The van der Waals surface area contributed by atoms with E-state index < -0.39 is 0 Å². The van der Waals surface area contributed by atoms with Gasteiger partial charge in [-0.3, -0.25) is 4.90 Å². The molecule has 13 heavy (non-hydrogen) atoms. The molecule has 76 valence electrons. The van der Waals surface area contributed by atoms with Crippen LogP contribution < -0.4 is 0 Å². The molecule has 2 heteroatoms. The van der Waals surface area contributed by atoms with Crippen LogP contribution in [-0.2, 0) is 4.74 Å². The SMILES string of the molecule is CC(C)O[C@@H](C)[C@@H]1CC2C[C@@H]2N1C. The Kier molecular flexibility index (Phi) is 2.37. The molecule has 1 aliphatic heterocycles. The molecule has 0 radical (unpaired) electrons. The molecule has 2 rings (SSSR count). The Morgan fingerprint density at radius 2 is 1.92 bits per heavy atom. The molecule has 1 heterocycles. The molecule has 0 bridgehead atoms. The average molecular weight is 183 g/mol. The van der Waals surface area contributed by atoms with Crippen molar-refractivity contribution >= 4 is 0 Å². The van der Waals surface area contributed by atoms with E-state index >= 15 is 0 Å². The maximum absolute atomic E-state index is 5.83. The van der Waals surface area contributed by atoms with Crippen LogP contribution in [0.2, 0.25) is 0 Å². The standard InChI is InChI=1S/C11H21NO/c1-7(2)13-8(3)10-5-9-6-11(9)12(10)4/h7-11H,5-6H2,1-4H3/t8-,9?,10-,11-/m0/s1. The van der Waals surface area contributed by atoms with Gasteiger partial charge in [-0.05, 0) is 46.6 Å². The zero-order valence-corrected chi connectivity index (χ0v) is 9.16. The summed E-state index contributed by atoms with van der Waals surface area (Å²) in [6, 6.07) is 1.56. The highest BCUT2D eigenvalue weighted by Gasteiger charge is 2.51. The zero-order chi connectivity index (χ0) is 9.59. The summed E-state index contributed by atoms with van der Waals surface area (Å²) in [5.41, 5.74) is 0. The van der Waals surface area contributed by atoms with Crippen LogP contribution >= 0.6 is 0 Å². The van der Waals surface area contributed by atoms with Gasteiger partial charge < -0.3 is 4.74 Å². The summed E-state index contributed by atoms with van der Waals surface area (Å²) in [7, 11) is 2.25. The maximum Gasteiger partial charge on any atom is 0.0705 e. The number of rotatable bonds is 3. The smallest absolute Gasteiger partial charge is 0.0705 e. The van der Waals surface area contributed by atoms with Crippen molar-refractivity contribution in [1.82, 2.24) is 4.90 Å². The summed E-state index contributed by atoms with van der Waals surface area (Å²) >= 11 is 0.